The third-order valence-electron chi connectivity index (χ3n) is 0.847. The number of rotatable bonds is 3. The minimum atomic E-state index is -0.796. The monoisotopic (exact) mass is 180 g/mol. The van der Waals surface area contributed by atoms with Crippen LogP contribution in [0, 0.1) is 0 Å². The van der Waals surface area contributed by atoms with Gasteiger partial charge in [0.2, 0.25) is 0 Å². The first-order chi connectivity index (χ1) is 5.09. The molecule has 1 atom stereocenters. The zero-order valence-corrected chi connectivity index (χ0v) is 7.21. The number of aliphatic hydroxyl groups excluding tert-OH is 2. The van der Waals surface area contributed by atoms with Crippen LogP contribution >= 0.6 is 12.2 Å². The normalized spacial score (nSPS) is 10.9. The van der Waals surface area contributed by atoms with E-state index in [9.17, 15) is 0 Å². The molecule has 1 unspecified atom stereocenters. The molecule has 0 aromatic heterocycles. The molecule has 0 heterocycles. The van der Waals surface area contributed by atoms with Crippen molar-refractivity contribution in [1.82, 2.24) is 0 Å². The third-order valence-corrected chi connectivity index (χ3v) is 1.12. The maximum Gasteiger partial charge on any atom is 0.432 e. The van der Waals surface area contributed by atoms with Gasteiger partial charge >= 0.3 is 7.69 Å². The molecule has 0 aromatic rings. The summed E-state index contributed by atoms with van der Waals surface area (Å²) in [6.45, 7) is 1.92. The second-order valence-electron chi connectivity index (χ2n) is 1.78. The summed E-state index contributed by atoms with van der Waals surface area (Å²) < 4.78 is 0. The number of aliphatic hydroxyl groups is 2. The maximum atomic E-state index is 8.74. The van der Waals surface area contributed by atoms with Crippen molar-refractivity contribution in [1.29, 1.82) is 0 Å². The molecule has 0 saturated heterocycles. The average molecular weight is 180 g/mol. The summed E-state index contributed by atoms with van der Waals surface area (Å²) in [6.07, 6.45) is 0.590. The molecule has 0 aliphatic rings. The Kier molecular flexibility index (Phi) is 12.0. The van der Waals surface area contributed by atoms with Crippen molar-refractivity contribution in [3.63, 3.8) is 0 Å². The van der Waals surface area contributed by atoms with E-state index in [0.717, 1.165) is 6.42 Å². The van der Waals surface area contributed by atoms with E-state index in [-0.39, 0.29) is 5.05 Å². The molecule has 66 valence electrons. The van der Waals surface area contributed by atoms with Crippen LogP contribution in [-0.4, -0.2) is 39.1 Å². The Morgan fingerprint density at radius 3 is 2.00 bits per heavy atom. The zero-order chi connectivity index (χ0) is 9.28. The minimum Gasteiger partial charge on any atom is -0.500 e. The zero-order valence-electron chi connectivity index (χ0n) is 6.40. The summed E-state index contributed by atoms with van der Waals surface area (Å²) in [5, 5.41) is 31.1. The van der Waals surface area contributed by atoms with Gasteiger partial charge in [-0.05, 0) is 18.6 Å². The van der Waals surface area contributed by atoms with Gasteiger partial charge in [-0.15, -0.1) is 0 Å². The summed E-state index contributed by atoms with van der Waals surface area (Å²) in [5.74, 6) is 0. The molecule has 11 heavy (non-hydrogen) atoms. The van der Waals surface area contributed by atoms with Crippen molar-refractivity contribution in [2.75, 3.05) is 0 Å². The fraction of sp³-hybridized carbons (Fsp3) is 0.800. The molecule has 6 heteroatoms. The molecule has 0 spiro atoms. The Balaban J connectivity index is 0. The Morgan fingerprint density at radius 2 is 1.91 bits per heavy atom. The van der Waals surface area contributed by atoms with Crippen molar-refractivity contribution in [2.24, 2.45) is 0 Å². The summed E-state index contributed by atoms with van der Waals surface area (Å²) in [5.41, 5.74) is 0. The Bertz CT molecular complexity index is 100. The molecular weight excluding hydrogens is 167 g/mol. The Morgan fingerprint density at radius 1 is 1.55 bits per heavy atom. The minimum absolute atomic E-state index is 0.299. The van der Waals surface area contributed by atoms with Gasteiger partial charge in [-0.2, -0.15) is 0 Å². The average Bonchev–Trinajstić information content (AvgIpc) is 1.90. The lowest BCUT2D eigenvalue weighted by Crippen LogP contribution is -2.16. The van der Waals surface area contributed by atoms with E-state index >= 15 is 0 Å². The van der Waals surface area contributed by atoms with Crippen LogP contribution in [0.5, 0.6) is 0 Å². The lowest BCUT2D eigenvalue weighted by Gasteiger charge is -2.02. The fourth-order valence-electron chi connectivity index (χ4n) is 0.397. The third kappa shape index (κ3) is 12.9. The highest BCUT2D eigenvalue weighted by atomic mass is 32.1. The van der Waals surface area contributed by atoms with Crippen LogP contribution in [0.25, 0.3) is 0 Å². The van der Waals surface area contributed by atoms with Crippen molar-refractivity contribution in [3.8, 4) is 0 Å². The molecule has 4 nitrogen and oxygen atoms in total. The van der Waals surface area contributed by atoms with Gasteiger partial charge in [0.05, 0.1) is 0 Å². The molecule has 0 rings (SSSR count). The molecule has 0 fully saturated rings. The highest BCUT2D eigenvalue weighted by molar-refractivity contribution is 7.80. The van der Waals surface area contributed by atoms with E-state index in [0.29, 0.717) is 6.42 Å². The molecule has 4 N–H and O–H groups in total. The van der Waals surface area contributed by atoms with E-state index < -0.39 is 13.8 Å². The summed E-state index contributed by atoms with van der Waals surface area (Å²) >= 11 is 4.29. The lowest BCUT2D eigenvalue weighted by molar-refractivity contribution is 0.210. The standard InChI is InChI=1S/C5H10O2S.BH3O2/c1-2-3-4(6)5(7)8;2-1-3/h4,6H,2-3H2,1H3,(H,7,8);1-3H. The van der Waals surface area contributed by atoms with E-state index in [1.165, 1.54) is 0 Å². The van der Waals surface area contributed by atoms with Gasteiger partial charge in [0, 0.05) is 0 Å². The SMILES string of the molecule is CCCC(O)C(O)=S.OBO. The molecular formula is C5H13BO4S. The topological polar surface area (TPSA) is 80.9 Å². The molecule has 0 bridgehead atoms. The number of thiocarbonyl (C=S) groups is 1. The highest BCUT2D eigenvalue weighted by Gasteiger charge is 2.05. The van der Waals surface area contributed by atoms with Gasteiger partial charge in [-0.25, -0.2) is 0 Å². The quantitative estimate of drug-likeness (QED) is 0.340. The summed E-state index contributed by atoms with van der Waals surface area (Å²) in [6, 6.07) is 0. The molecule has 0 amide bonds. The first kappa shape index (κ1) is 13.4. The van der Waals surface area contributed by atoms with Crippen LogP contribution < -0.4 is 0 Å². The van der Waals surface area contributed by atoms with Crippen molar-refractivity contribution in [2.45, 2.75) is 25.9 Å². The van der Waals surface area contributed by atoms with Gasteiger partial charge in [0.15, 0.2) is 5.05 Å². The van der Waals surface area contributed by atoms with E-state index in [4.69, 9.17) is 20.3 Å². The maximum absolute atomic E-state index is 8.74. The second kappa shape index (κ2) is 9.83. The van der Waals surface area contributed by atoms with Gasteiger partial charge < -0.3 is 20.3 Å². The number of hydrogen-bond donors (Lipinski definition) is 4. The predicted octanol–water partition coefficient (Wildman–Crippen LogP) is -0.730. The fourth-order valence-corrected chi connectivity index (χ4v) is 0.515. The van der Waals surface area contributed by atoms with Crippen LogP contribution in [0.2, 0.25) is 0 Å². The van der Waals surface area contributed by atoms with Gasteiger partial charge in [-0.1, -0.05) is 13.3 Å². The molecule has 0 radical (unpaired) electrons. The van der Waals surface area contributed by atoms with Crippen molar-refractivity contribution in [3.05, 3.63) is 0 Å². The van der Waals surface area contributed by atoms with Gasteiger partial charge in [0.25, 0.3) is 0 Å². The van der Waals surface area contributed by atoms with E-state index in [1.54, 1.807) is 0 Å². The van der Waals surface area contributed by atoms with Crippen LogP contribution in [0.4, 0.5) is 0 Å². The van der Waals surface area contributed by atoms with Gasteiger partial charge in [0.1, 0.15) is 6.10 Å². The first-order valence-corrected chi connectivity index (χ1v) is 3.63. The van der Waals surface area contributed by atoms with E-state index in [2.05, 4.69) is 12.2 Å². The Hall–Kier alpha value is -0.165. The van der Waals surface area contributed by atoms with Crippen LogP contribution in [-0.2, 0) is 0 Å². The molecule has 0 aliphatic carbocycles. The molecule has 0 aliphatic heterocycles. The van der Waals surface area contributed by atoms with Crippen molar-refractivity contribution >= 4 is 25.0 Å². The van der Waals surface area contributed by atoms with Gasteiger partial charge in [-0.3, -0.25) is 0 Å². The highest BCUT2D eigenvalue weighted by Crippen LogP contribution is 1.95. The van der Waals surface area contributed by atoms with Crippen LogP contribution in [0.3, 0.4) is 0 Å². The lowest BCUT2D eigenvalue weighted by atomic mass is 10.2. The summed E-state index contributed by atoms with van der Waals surface area (Å²) in [4.78, 5) is 0. The Labute approximate surface area is 71.8 Å². The predicted molar refractivity (Wildman–Crippen MR) is 47.7 cm³/mol. The smallest absolute Gasteiger partial charge is 0.432 e. The van der Waals surface area contributed by atoms with Crippen LogP contribution in [0.15, 0.2) is 0 Å². The van der Waals surface area contributed by atoms with Crippen LogP contribution in [0.1, 0.15) is 19.8 Å². The second-order valence-corrected chi connectivity index (χ2v) is 2.20. The largest absolute Gasteiger partial charge is 0.500 e. The number of hydrogen-bond acceptors (Lipinski definition) is 4. The van der Waals surface area contributed by atoms with E-state index in [1.807, 2.05) is 6.92 Å². The first-order valence-electron chi connectivity index (χ1n) is 3.22. The molecule has 0 aromatic carbocycles. The molecule has 0 saturated carbocycles. The summed E-state index contributed by atoms with van der Waals surface area (Å²) in [7, 11) is -0.750. The van der Waals surface area contributed by atoms with Crippen molar-refractivity contribution < 1.29 is 20.3 Å².